The van der Waals surface area contributed by atoms with Gasteiger partial charge in [0.05, 0.1) is 20.8 Å². The first kappa shape index (κ1) is 15.3. The normalized spacial score (nSPS) is 15.1. The summed E-state index contributed by atoms with van der Waals surface area (Å²) in [5, 5.41) is 0.574. The van der Waals surface area contributed by atoms with Gasteiger partial charge in [-0.2, -0.15) is 0 Å². The Morgan fingerprint density at radius 3 is 2.72 bits per heavy atom. The van der Waals surface area contributed by atoms with E-state index in [1.54, 1.807) is 18.5 Å². The Balaban J connectivity index is 2.90. The number of hydrogen-bond acceptors (Lipinski definition) is 2. The van der Waals surface area contributed by atoms with Crippen LogP contribution in [0.25, 0.3) is 0 Å². The summed E-state index contributed by atoms with van der Waals surface area (Å²) in [4.78, 5) is 4.05. The molecule has 0 amide bonds. The molecular formula is C13H19ClN2OS. The summed E-state index contributed by atoms with van der Waals surface area (Å²) in [6.07, 6.45) is 5.77. The zero-order valence-corrected chi connectivity index (χ0v) is 12.5. The summed E-state index contributed by atoms with van der Waals surface area (Å²) in [5.41, 5.74) is 0.917. The molecule has 0 aliphatic heterocycles. The minimum atomic E-state index is -1.14. The van der Waals surface area contributed by atoms with Crippen LogP contribution < -0.4 is 4.72 Å². The fourth-order valence-corrected chi connectivity index (χ4v) is 2.37. The first-order valence-electron chi connectivity index (χ1n) is 5.74. The van der Waals surface area contributed by atoms with E-state index in [0.29, 0.717) is 11.4 Å². The third kappa shape index (κ3) is 4.52. The lowest BCUT2D eigenvalue weighted by Gasteiger charge is -2.23. The molecule has 0 spiro atoms. The zero-order valence-electron chi connectivity index (χ0n) is 10.9. The zero-order chi connectivity index (χ0) is 13.8. The molecule has 1 aromatic heterocycles. The predicted molar refractivity (Wildman–Crippen MR) is 77.8 cm³/mol. The van der Waals surface area contributed by atoms with Crippen molar-refractivity contribution in [3.05, 3.63) is 41.7 Å². The van der Waals surface area contributed by atoms with E-state index in [1.165, 1.54) is 0 Å². The van der Waals surface area contributed by atoms with Gasteiger partial charge in [-0.15, -0.1) is 6.58 Å². The van der Waals surface area contributed by atoms with Gasteiger partial charge in [0.1, 0.15) is 0 Å². The van der Waals surface area contributed by atoms with Crippen LogP contribution in [0.3, 0.4) is 0 Å². The topological polar surface area (TPSA) is 42.0 Å². The summed E-state index contributed by atoms with van der Waals surface area (Å²) >= 11 is 5.92. The van der Waals surface area contributed by atoms with Crippen molar-refractivity contribution in [2.24, 2.45) is 0 Å². The van der Waals surface area contributed by atoms with Gasteiger partial charge in [-0.3, -0.25) is 4.98 Å². The molecule has 1 rings (SSSR count). The van der Waals surface area contributed by atoms with Crippen molar-refractivity contribution in [2.45, 2.75) is 38.0 Å². The first-order chi connectivity index (χ1) is 8.34. The van der Waals surface area contributed by atoms with Crippen molar-refractivity contribution in [2.75, 3.05) is 0 Å². The van der Waals surface area contributed by atoms with Crippen molar-refractivity contribution in [1.82, 2.24) is 9.71 Å². The summed E-state index contributed by atoms with van der Waals surface area (Å²) in [7, 11) is -1.14. The second-order valence-electron chi connectivity index (χ2n) is 5.01. The highest BCUT2D eigenvalue weighted by atomic mass is 35.5. The van der Waals surface area contributed by atoms with Crippen LogP contribution in [-0.4, -0.2) is 13.9 Å². The molecule has 18 heavy (non-hydrogen) atoms. The average molecular weight is 287 g/mol. The van der Waals surface area contributed by atoms with Crippen LogP contribution in [0.4, 0.5) is 0 Å². The highest BCUT2D eigenvalue weighted by molar-refractivity contribution is 7.84. The van der Waals surface area contributed by atoms with Gasteiger partial charge in [-0.1, -0.05) is 17.7 Å². The van der Waals surface area contributed by atoms with Crippen molar-refractivity contribution in [1.29, 1.82) is 0 Å². The monoisotopic (exact) mass is 286 g/mol. The van der Waals surface area contributed by atoms with Gasteiger partial charge in [0.2, 0.25) is 0 Å². The van der Waals surface area contributed by atoms with Crippen molar-refractivity contribution >= 4 is 22.6 Å². The smallest absolute Gasteiger partial charge is 0.0976 e. The number of nitrogens with one attached hydrogen (secondary N) is 1. The number of rotatable bonds is 5. The van der Waals surface area contributed by atoms with E-state index in [9.17, 15) is 4.21 Å². The van der Waals surface area contributed by atoms with Crippen molar-refractivity contribution in [3.63, 3.8) is 0 Å². The van der Waals surface area contributed by atoms with Gasteiger partial charge in [0.15, 0.2) is 0 Å². The molecule has 1 heterocycles. The van der Waals surface area contributed by atoms with Gasteiger partial charge in [-0.25, -0.2) is 8.93 Å². The minimum absolute atomic E-state index is 0.0891. The van der Waals surface area contributed by atoms with Gasteiger partial charge in [0.25, 0.3) is 0 Å². The number of hydrogen-bond donors (Lipinski definition) is 1. The molecule has 0 unspecified atom stereocenters. The van der Waals surface area contributed by atoms with Gasteiger partial charge < -0.3 is 0 Å². The molecule has 5 heteroatoms. The maximum absolute atomic E-state index is 12.1. The summed E-state index contributed by atoms with van der Waals surface area (Å²) in [6.45, 7) is 9.51. The second kappa shape index (κ2) is 6.45. The van der Waals surface area contributed by atoms with Crippen LogP contribution in [0.2, 0.25) is 5.02 Å². The largest absolute Gasteiger partial charge is 0.263 e. The number of aromatic nitrogens is 1. The van der Waals surface area contributed by atoms with Crippen LogP contribution in [0, 0.1) is 0 Å². The molecular weight excluding hydrogens is 268 g/mol. The van der Waals surface area contributed by atoms with E-state index >= 15 is 0 Å². The molecule has 0 radical (unpaired) electrons. The van der Waals surface area contributed by atoms with E-state index in [1.807, 2.05) is 26.8 Å². The Kier molecular flexibility index (Phi) is 5.50. The number of pyridine rings is 1. The number of nitrogens with zero attached hydrogens (tertiary/aromatic N) is 1. The Bertz CT molecular complexity index is 443. The van der Waals surface area contributed by atoms with E-state index in [4.69, 9.17) is 11.6 Å². The standard InChI is InChI=1S/C13H19ClN2OS/c1-5-6-12(16-18(17)13(2,3)4)10-7-11(14)9-15-8-10/h5,7-9,12,16H,1,6H2,2-4H3/t12-,18+/m0/s1. The fraction of sp³-hybridized carbons (Fsp3) is 0.462. The first-order valence-corrected chi connectivity index (χ1v) is 7.26. The van der Waals surface area contributed by atoms with Crippen LogP contribution >= 0.6 is 11.6 Å². The molecule has 0 saturated carbocycles. The van der Waals surface area contributed by atoms with E-state index in [-0.39, 0.29) is 10.8 Å². The highest BCUT2D eigenvalue weighted by Gasteiger charge is 2.23. The minimum Gasteiger partial charge on any atom is -0.263 e. The maximum Gasteiger partial charge on any atom is 0.0976 e. The molecule has 2 atom stereocenters. The third-order valence-electron chi connectivity index (χ3n) is 2.34. The quantitative estimate of drug-likeness (QED) is 0.843. The van der Waals surface area contributed by atoms with Gasteiger partial charge >= 0.3 is 0 Å². The molecule has 0 fully saturated rings. The second-order valence-corrected chi connectivity index (χ2v) is 7.45. The van der Waals surface area contributed by atoms with E-state index < -0.39 is 11.0 Å². The van der Waals surface area contributed by atoms with Crippen LogP contribution in [0.15, 0.2) is 31.1 Å². The Morgan fingerprint density at radius 1 is 1.56 bits per heavy atom. The molecule has 0 aliphatic rings. The lowest BCUT2D eigenvalue weighted by molar-refractivity contribution is 0.601. The van der Waals surface area contributed by atoms with Gasteiger partial charge in [0, 0.05) is 18.4 Å². The van der Waals surface area contributed by atoms with Crippen LogP contribution in [0.1, 0.15) is 38.8 Å². The molecule has 0 bridgehead atoms. The highest BCUT2D eigenvalue weighted by Crippen LogP contribution is 2.22. The van der Waals surface area contributed by atoms with Crippen molar-refractivity contribution < 1.29 is 4.21 Å². The van der Waals surface area contributed by atoms with E-state index in [2.05, 4.69) is 16.3 Å². The predicted octanol–water partition coefficient (Wildman–Crippen LogP) is 3.40. The summed E-state index contributed by atoms with van der Waals surface area (Å²) < 4.78 is 14.9. The molecule has 1 aromatic rings. The van der Waals surface area contributed by atoms with Gasteiger partial charge in [-0.05, 0) is 38.8 Å². The SMILES string of the molecule is C=CC[C@H](N[S@](=O)C(C)(C)C)c1cncc(Cl)c1. The third-order valence-corrected chi connectivity index (χ3v) is 4.15. The Morgan fingerprint density at radius 2 is 2.22 bits per heavy atom. The maximum atomic E-state index is 12.1. The van der Waals surface area contributed by atoms with Crippen LogP contribution in [0.5, 0.6) is 0 Å². The lowest BCUT2D eigenvalue weighted by Crippen LogP contribution is -2.35. The fourth-order valence-electron chi connectivity index (χ4n) is 1.34. The Labute approximate surface area is 116 Å². The van der Waals surface area contributed by atoms with Crippen LogP contribution in [-0.2, 0) is 11.0 Å². The van der Waals surface area contributed by atoms with Crippen molar-refractivity contribution in [3.8, 4) is 0 Å². The summed E-state index contributed by atoms with van der Waals surface area (Å²) in [5.74, 6) is 0. The number of halogens is 1. The summed E-state index contributed by atoms with van der Waals surface area (Å²) in [6, 6.07) is 1.74. The molecule has 0 aliphatic carbocycles. The molecule has 0 aromatic carbocycles. The Hall–Kier alpha value is -0.710. The van der Waals surface area contributed by atoms with E-state index in [0.717, 1.165) is 5.56 Å². The lowest BCUT2D eigenvalue weighted by atomic mass is 10.1. The average Bonchev–Trinajstić information content (AvgIpc) is 2.27. The molecule has 100 valence electrons. The molecule has 0 saturated heterocycles. The molecule has 3 nitrogen and oxygen atoms in total. The molecule has 1 N–H and O–H groups in total.